The quantitative estimate of drug-likeness (QED) is 0.830. The molecule has 2 heterocycles. The lowest BCUT2D eigenvalue weighted by Gasteiger charge is -2.07. The Balaban J connectivity index is 2.29. The number of halogens is 3. The number of nitrogens with one attached hydrogen (secondary N) is 1. The third kappa shape index (κ3) is 3.29. The van der Waals surface area contributed by atoms with E-state index in [4.69, 9.17) is 34.8 Å². The first-order valence-corrected chi connectivity index (χ1v) is 7.43. The van der Waals surface area contributed by atoms with Gasteiger partial charge in [-0.05, 0) is 11.4 Å². The van der Waals surface area contributed by atoms with E-state index in [-0.39, 0.29) is 25.6 Å². The fourth-order valence-corrected chi connectivity index (χ4v) is 2.77. The Bertz CT molecular complexity index is 718. The zero-order valence-corrected chi connectivity index (χ0v) is 13.5. The molecule has 0 unspecified atom stereocenters. The van der Waals surface area contributed by atoms with Crippen molar-refractivity contribution in [1.29, 1.82) is 0 Å². The van der Waals surface area contributed by atoms with Gasteiger partial charge < -0.3 is 10.1 Å². The van der Waals surface area contributed by atoms with Crippen molar-refractivity contribution in [1.82, 2.24) is 4.98 Å². The third-order valence-corrected chi connectivity index (χ3v) is 4.55. The molecule has 0 aliphatic carbocycles. The lowest BCUT2D eigenvalue weighted by Crippen LogP contribution is -2.16. The van der Waals surface area contributed by atoms with Gasteiger partial charge in [-0.15, -0.1) is 11.3 Å². The molecule has 1 N–H and O–H groups in total. The van der Waals surface area contributed by atoms with Gasteiger partial charge in [0.2, 0.25) is 0 Å². The van der Waals surface area contributed by atoms with Gasteiger partial charge in [-0.2, -0.15) is 0 Å². The van der Waals surface area contributed by atoms with Crippen molar-refractivity contribution in [2.24, 2.45) is 0 Å². The van der Waals surface area contributed by atoms with Crippen molar-refractivity contribution in [2.75, 3.05) is 12.4 Å². The number of rotatable bonds is 3. The molecule has 110 valence electrons. The van der Waals surface area contributed by atoms with Gasteiger partial charge in [-0.1, -0.05) is 34.8 Å². The fourth-order valence-electron chi connectivity index (χ4n) is 1.44. The molecule has 9 heteroatoms. The van der Waals surface area contributed by atoms with Crippen molar-refractivity contribution in [3.8, 4) is 0 Å². The Morgan fingerprint density at radius 3 is 2.67 bits per heavy atom. The molecule has 0 aromatic carbocycles. The Hall–Kier alpha value is -1.34. The molecule has 0 saturated heterocycles. The summed E-state index contributed by atoms with van der Waals surface area (Å²) in [7, 11) is 1.26. The van der Waals surface area contributed by atoms with Gasteiger partial charge >= 0.3 is 5.97 Å². The van der Waals surface area contributed by atoms with Gasteiger partial charge in [0.25, 0.3) is 5.91 Å². The van der Waals surface area contributed by atoms with Crippen LogP contribution in [0.1, 0.15) is 20.2 Å². The van der Waals surface area contributed by atoms with Gasteiger partial charge in [0.1, 0.15) is 10.6 Å². The molecule has 2 aromatic heterocycles. The lowest BCUT2D eigenvalue weighted by atomic mass is 10.3. The van der Waals surface area contributed by atoms with Crippen LogP contribution in [0.3, 0.4) is 0 Å². The number of carbonyl (C=O) groups is 2. The van der Waals surface area contributed by atoms with E-state index >= 15 is 0 Å². The normalized spacial score (nSPS) is 10.3. The topological polar surface area (TPSA) is 68.3 Å². The van der Waals surface area contributed by atoms with Crippen molar-refractivity contribution in [2.45, 2.75) is 0 Å². The summed E-state index contributed by atoms with van der Waals surface area (Å²) in [5.74, 6) is -1.16. The van der Waals surface area contributed by atoms with Crippen LogP contribution in [0.2, 0.25) is 15.1 Å². The third-order valence-electron chi connectivity index (χ3n) is 2.42. The number of hydrogen-bond donors (Lipinski definition) is 1. The minimum Gasteiger partial charge on any atom is -0.465 e. The molecule has 0 spiro atoms. The number of thiophene rings is 1. The highest BCUT2D eigenvalue weighted by molar-refractivity contribution is 7.12. The smallest absolute Gasteiger partial charge is 0.350 e. The van der Waals surface area contributed by atoms with Crippen LogP contribution in [0.15, 0.2) is 17.6 Å². The summed E-state index contributed by atoms with van der Waals surface area (Å²) in [4.78, 5) is 27.8. The van der Waals surface area contributed by atoms with Crippen LogP contribution >= 0.6 is 46.1 Å². The first-order valence-electron chi connectivity index (χ1n) is 5.42. The number of amides is 1. The van der Waals surface area contributed by atoms with Crippen LogP contribution in [0, 0.1) is 0 Å². The lowest BCUT2D eigenvalue weighted by molar-refractivity contribution is 0.0607. The summed E-state index contributed by atoms with van der Waals surface area (Å²) >= 11 is 18.7. The van der Waals surface area contributed by atoms with Crippen molar-refractivity contribution < 1.29 is 14.3 Å². The molecule has 1 amide bonds. The standard InChI is InChI=1S/C12H7Cl3N2O3S/c1-20-12(19)10-6(2-3-21-10)17-11(18)9-8(15)7(14)5(13)4-16-9/h2-4H,1H3,(H,17,18). The number of methoxy groups -OCH3 is 1. The van der Waals surface area contributed by atoms with Crippen LogP contribution in [0.25, 0.3) is 0 Å². The Morgan fingerprint density at radius 1 is 1.29 bits per heavy atom. The van der Waals surface area contributed by atoms with E-state index in [1.54, 1.807) is 11.4 Å². The molecule has 0 fully saturated rings. The fraction of sp³-hybridized carbons (Fsp3) is 0.0833. The van der Waals surface area contributed by atoms with E-state index in [0.29, 0.717) is 5.69 Å². The summed E-state index contributed by atoms with van der Waals surface area (Å²) in [6.45, 7) is 0. The van der Waals surface area contributed by atoms with E-state index in [0.717, 1.165) is 11.3 Å². The van der Waals surface area contributed by atoms with Gasteiger partial charge in [0.15, 0.2) is 0 Å². The maximum absolute atomic E-state index is 12.2. The van der Waals surface area contributed by atoms with Crippen LogP contribution in [-0.4, -0.2) is 24.0 Å². The largest absolute Gasteiger partial charge is 0.465 e. The molecule has 2 rings (SSSR count). The van der Waals surface area contributed by atoms with Gasteiger partial charge in [-0.25, -0.2) is 9.78 Å². The monoisotopic (exact) mass is 364 g/mol. The highest BCUT2D eigenvalue weighted by atomic mass is 35.5. The number of anilines is 1. The summed E-state index contributed by atoms with van der Waals surface area (Å²) in [6.07, 6.45) is 1.22. The molecule has 2 aromatic rings. The molecular weight excluding hydrogens is 359 g/mol. The second kappa shape index (κ2) is 6.62. The zero-order valence-electron chi connectivity index (χ0n) is 10.4. The number of ether oxygens (including phenoxy) is 1. The van der Waals surface area contributed by atoms with Gasteiger partial charge in [0, 0.05) is 6.20 Å². The number of carbonyl (C=O) groups excluding carboxylic acids is 2. The van der Waals surface area contributed by atoms with Gasteiger partial charge in [0.05, 0.1) is 27.9 Å². The maximum Gasteiger partial charge on any atom is 0.350 e. The minimum atomic E-state index is -0.609. The Morgan fingerprint density at radius 2 is 2.00 bits per heavy atom. The molecule has 0 atom stereocenters. The molecule has 0 bridgehead atoms. The summed E-state index contributed by atoms with van der Waals surface area (Å²) < 4.78 is 4.62. The van der Waals surface area contributed by atoms with Crippen LogP contribution in [-0.2, 0) is 4.74 Å². The van der Waals surface area contributed by atoms with E-state index in [1.165, 1.54) is 13.3 Å². The number of esters is 1. The highest BCUT2D eigenvalue weighted by Crippen LogP contribution is 2.32. The van der Waals surface area contributed by atoms with E-state index in [1.807, 2.05) is 0 Å². The predicted molar refractivity (Wildman–Crippen MR) is 82.9 cm³/mol. The molecule has 0 saturated carbocycles. The van der Waals surface area contributed by atoms with Crippen LogP contribution in [0.5, 0.6) is 0 Å². The zero-order chi connectivity index (χ0) is 15.6. The number of nitrogens with zero attached hydrogens (tertiary/aromatic N) is 1. The van der Waals surface area contributed by atoms with Crippen molar-refractivity contribution in [3.63, 3.8) is 0 Å². The average Bonchev–Trinajstić information content (AvgIpc) is 2.92. The minimum absolute atomic E-state index is 0.0389. The average molecular weight is 366 g/mol. The summed E-state index contributed by atoms with van der Waals surface area (Å²) in [5.41, 5.74) is 0.217. The SMILES string of the molecule is COC(=O)c1sccc1NC(=O)c1ncc(Cl)c(Cl)c1Cl. The van der Waals surface area contributed by atoms with E-state index in [9.17, 15) is 9.59 Å². The van der Waals surface area contributed by atoms with Crippen molar-refractivity contribution in [3.05, 3.63) is 43.3 Å². The summed E-state index contributed by atoms with van der Waals surface area (Å²) in [5, 5.41) is 4.30. The van der Waals surface area contributed by atoms with Crippen LogP contribution < -0.4 is 5.32 Å². The second-order valence-electron chi connectivity index (χ2n) is 3.69. The van der Waals surface area contributed by atoms with E-state index < -0.39 is 11.9 Å². The molecule has 21 heavy (non-hydrogen) atoms. The molecular formula is C12H7Cl3N2O3S. The first kappa shape index (κ1) is 16.0. The molecule has 5 nitrogen and oxygen atoms in total. The molecule has 0 radical (unpaired) electrons. The van der Waals surface area contributed by atoms with Crippen LogP contribution in [0.4, 0.5) is 5.69 Å². The van der Waals surface area contributed by atoms with Gasteiger partial charge in [-0.3, -0.25) is 4.79 Å². The predicted octanol–water partition coefficient (Wildman–Crippen LogP) is 4.14. The first-order chi connectivity index (χ1) is 9.95. The van der Waals surface area contributed by atoms with Crippen molar-refractivity contribution >= 4 is 63.7 Å². The number of aromatic nitrogens is 1. The number of pyridine rings is 1. The Labute approximate surface area is 138 Å². The molecule has 0 aliphatic heterocycles. The number of hydrogen-bond acceptors (Lipinski definition) is 5. The summed E-state index contributed by atoms with van der Waals surface area (Å²) in [6, 6.07) is 1.57. The van der Waals surface area contributed by atoms with E-state index in [2.05, 4.69) is 15.0 Å². The second-order valence-corrected chi connectivity index (χ2v) is 5.77. The maximum atomic E-state index is 12.2. The highest BCUT2D eigenvalue weighted by Gasteiger charge is 2.20. The molecule has 0 aliphatic rings. The Kier molecular flexibility index (Phi) is 5.05.